The first kappa shape index (κ1) is 21.7. The van der Waals surface area contributed by atoms with E-state index in [0.717, 1.165) is 45.2 Å². The summed E-state index contributed by atoms with van der Waals surface area (Å²) in [7, 11) is 3.29. The van der Waals surface area contributed by atoms with Gasteiger partial charge in [0.15, 0.2) is 0 Å². The van der Waals surface area contributed by atoms with Gasteiger partial charge in [-0.3, -0.25) is 0 Å². The molecule has 0 atom stereocenters. The van der Waals surface area contributed by atoms with Crippen LogP contribution in [0.3, 0.4) is 0 Å². The van der Waals surface area contributed by atoms with Crippen molar-refractivity contribution < 1.29 is 13.9 Å². The third kappa shape index (κ3) is 4.38. The van der Waals surface area contributed by atoms with E-state index in [0.29, 0.717) is 16.5 Å². The highest BCUT2D eigenvalue weighted by molar-refractivity contribution is 6.30. The van der Waals surface area contributed by atoms with Crippen LogP contribution in [0, 0.1) is 0 Å². The molecule has 0 saturated heterocycles. The minimum absolute atomic E-state index is 0.654. The lowest BCUT2D eigenvalue weighted by Crippen LogP contribution is -1.95. The second kappa shape index (κ2) is 9.41. The zero-order valence-corrected chi connectivity index (χ0v) is 19.4. The molecule has 168 valence electrons. The molecule has 0 aliphatic rings. The Morgan fingerprint density at radius 2 is 1.29 bits per heavy atom. The van der Waals surface area contributed by atoms with Crippen molar-refractivity contribution in [3.63, 3.8) is 0 Å². The maximum absolute atomic E-state index is 6.27. The Kier molecular flexibility index (Phi) is 6.02. The van der Waals surface area contributed by atoms with Gasteiger partial charge in [-0.05, 0) is 78.9 Å². The van der Waals surface area contributed by atoms with Crippen LogP contribution in [0.25, 0.3) is 45.2 Å². The summed E-state index contributed by atoms with van der Waals surface area (Å²) >= 11 is 6.18. The molecule has 0 unspecified atom stereocenters. The zero-order chi connectivity index (χ0) is 23.5. The highest BCUT2D eigenvalue weighted by atomic mass is 35.5. The fraction of sp³-hybridized carbons (Fsp3) is 0.0714. The Bertz CT molecular complexity index is 1430. The van der Waals surface area contributed by atoms with Crippen LogP contribution in [-0.4, -0.2) is 24.4 Å². The molecule has 0 radical (unpaired) electrons. The van der Waals surface area contributed by atoms with Crippen LogP contribution >= 0.6 is 11.6 Å². The molecule has 2 heterocycles. The third-order valence-electron chi connectivity index (χ3n) is 5.52. The predicted octanol–water partition coefficient (Wildman–Crippen LogP) is 7.41. The topological polar surface area (TPSA) is 57.4 Å². The van der Waals surface area contributed by atoms with Crippen molar-refractivity contribution in [2.45, 2.75) is 0 Å². The van der Waals surface area contributed by atoms with Crippen molar-refractivity contribution in [1.82, 2.24) is 10.2 Å². The van der Waals surface area contributed by atoms with E-state index in [-0.39, 0.29) is 0 Å². The van der Waals surface area contributed by atoms with E-state index in [2.05, 4.69) is 10.2 Å². The lowest BCUT2D eigenvalue weighted by atomic mass is 10.0. The largest absolute Gasteiger partial charge is 0.497 e. The van der Waals surface area contributed by atoms with Crippen LogP contribution in [0.4, 0.5) is 0 Å². The van der Waals surface area contributed by atoms with E-state index < -0.39 is 0 Å². The predicted molar refractivity (Wildman–Crippen MR) is 134 cm³/mol. The van der Waals surface area contributed by atoms with Gasteiger partial charge >= 0.3 is 0 Å². The second-order valence-electron chi connectivity index (χ2n) is 7.62. The average molecular weight is 469 g/mol. The first-order valence-corrected chi connectivity index (χ1v) is 11.0. The SMILES string of the molecule is COc1ccc(-c2cc(-c3ccc(-c4cccc(Cl)c4)o3)c(-c3ccc(OC)cc3)nn2)cc1. The Labute approximate surface area is 202 Å². The van der Waals surface area contributed by atoms with Crippen LogP contribution < -0.4 is 9.47 Å². The average Bonchev–Trinajstić information content (AvgIpc) is 3.39. The van der Waals surface area contributed by atoms with Crippen molar-refractivity contribution in [3.8, 4) is 56.7 Å². The molecule has 0 aliphatic carbocycles. The van der Waals surface area contributed by atoms with Gasteiger partial charge in [0, 0.05) is 27.3 Å². The van der Waals surface area contributed by atoms with Crippen LogP contribution in [0.2, 0.25) is 5.02 Å². The van der Waals surface area contributed by atoms with Crippen molar-refractivity contribution in [3.05, 3.63) is 96.0 Å². The molecule has 5 nitrogen and oxygen atoms in total. The number of hydrogen-bond donors (Lipinski definition) is 0. The summed E-state index contributed by atoms with van der Waals surface area (Å²) in [5.74, 6) is 2.96. The second-order valence-corrected chi connectivity index (χ2v) is 8.06. The number of nitrogens with zero attached hydrogens (tertiary/aromatic N) is 2. The van der Waals surface area contributed by atoms with Gasteiger partial charge in [-0.2, -0.15) is 0 Å². The Balaban J connectivity index is 1.62. The van der Waals surface area contributed by atoms with Crippen LogP contribution in [0.1, 0.15) is 0 Å². The van der Waals surface area contributed by atoms with Crippen molar-refractivity contribution in [1.29, 1.82) is 0 Å². The number of ether oxygens (including phenoxy) is 2. The van der Waals surface area contributed by atoms with Crippen LogP contribution in [0.5, 0.6) is 11.5 Å². The molecule has 0 fully saturated rings. The summed E-state index contributed by atoms with van der Waals surface area (Å²) < 4.78 is 16.9. The number of halogens is 1. The van der Waals surface area contributed by atoms with Crippen LogP contribution in [0.15, 0.2) is 95.4 Å². The maximum atomic E-state index is 6.27. The molecule has 0 saturated carbocycles. The quantitative estimate of drug-likeness (QED) is 0.259. The summed E-state index contributed by atoms with van der Waals surface area (Å²) in [6, 6.07) is 28.9. The van der Waals surface area contributed by atoms with Crippen molar-refractivity contribution in [2.24, 2.45) is 0 Å². The lowest BCUT2D eigenvalue weighted by Gasteiger charge is -2.10. The molecule has 0 N–H and O–H groups in total. The van der Waals surface area contributed by atoms with Crippen LogP contribution in [-0.2, 0) is 0 Å². The van der Waals surface area contributed by atoms with E-state index in [1.165, 1.54) is 0 Å². The minimum atomic E-state index is 0.654. The molecule has 5 rings (SSSR count). The molecule has 0 bridgehead atoms. The molecule has 3 aromatic carbocycles. The summed E-state index contributed by atoms with van der Waals surface area (Å²) in [4.78, 5) is 0. The number of rotatable bonds is 6. The molecule has 34 heavy (non-hydrogen) atoms. The Morgan fingerprint density at radius 1 is 0.647 bits per heavy atom. The Hall–Kier alpha value is -4.09. The highest BCUT2D eigenvalue weighted by Gasteiger charge is 2.17. The molecule has 2 aromatic heterocycles. The fourth-order valence-corrected chi connectivity index (χ4v) is 3.91. The monoisotopic (exact) mass is 468 g/mol. The highest BCUT2D eigenvalue weighted by Crippen LogP contribution is 2.37. The van der Waals surface area contributed by atoms with Gasteiger partial charge in [0.1, 0.15) is 28.7 Å². The molecule has 0 spiro atoms. The Morgan fingerprint density at radius 3 is 1.94 bits per heavy atom. The van der Waals surface area contributed by atoms with E-state index >= 15 is 0 Å². The normalized spacial score (nSPS) is 10.8. The van der Waals surface area contributed by atoms with Gasteiger partial charge in [-0.15, -0.1) is 10.2 Å². The number of hydrogen-bond acceptors (Lipinski definition) is 5. The van der Waals surface area contributed by atoms with Gasteiger partial charge in [0.25, 0.3) is 0 Å². The first-order chi connectivity index (χ1) is 16.6. The molecule has 6 heteroatoms. The maximum Gasteiger partial charge on any atom is 0.137 e. The minimum Gasteiger partial charge on any atom is -0.497 e. The molecular formula is C28H21ClN2O3. The third-order valence-corrected chi connectivity index (χ3v) is 5.76. The standard InChI is InChI=1S/C28H21ClN2O3/c1-32-22-10-6-18(7-11-22)25-17-24(28(31-30-25)19-8-12-23(33-2)13-9-19)27-15-14-26(34-27)20-4-3-5-21(29)16-20/h3-17H,1-2H3. The van der Waals surface area contributed by atoms with E-state index in [9.17, 15) is 0 Å². The number of benzene rings is 3. The number of aromatic nitrogens is 2. The van der Waals surface area contributed by atoms with Gasteiger partial charge in [0.05, 0.1) is 19.9 Å². The van der Waals surface area contributed by atoms with Gasteiger partial charge in [-0.25, -0.2) is 0 Å². The summed E-state index contributed by atoms with van der Waals surface area (Å²) in [5, 5.41) is 9.75. The van der Waals surface area contributed by atoms with Crippen molar-refractivity contribution in [2.75, 3.05) is 14.2 Å². The summed E-state index contributed by atoms with van der Waals surface area (Å²) in [5.41, 5.74) is 5.02. The summed E-state index contributed by atoms with van der Waals surface area (Å²) in [6.07, 6.45) is 0. The van der Waals surface area contributed by atoms with Gasteiger partial charge in [-0.1, -0.05) is 23.7 Å². The van der Waals surface area contributed by atoms with E-state index in [1.54, 1.807) is 14.2 Å². The molecule has 0 aliphatic heterocycles. The fourth-order valence-electron chi connectivity index (χ4n) is 3.72. The number of furan rings is 1. The van der Waals surface area contributed by atoms with Gasteiger partial charge < -0.3 is 13.9 Å². The zero-order valence-electron chi connectivity index (χ0n) is 18.7. The van der Waals surface area contributed by atoms with Crippen molar-refractivity contribution >= 4 is 11.6 Å². The molecule has 0 amide bonds. The lowest BCUT2D eigenvalue weighted by molar-refractivity contribution is 0.414. The van der Waals surface area contributed by atoms with E-state index in [1.807, 2.05) is 91.0 Å². The smallest absolute Gasteiger partial charge is 0.137 e. The first-order valence-electron chi connectivity index (χ1n) is 10.7. The summed E-state index contributed by atoms with van der Waals surface area (Å²) in [6.45, 7) is 0. The van der Waals surface area contributed by atoms with Gasteiger partial charge in [0.2, 0.25) is 0 Å². The van der Waals surface area contributed by atoms with E-state index in [4.69, 9.17) is 25.5 Å². The number of methoxy groups -OCH3 is 2. The molecule has 5 aromatic rings. The molecular weight excluding hydrogens is 448 g/mol.